The number of hydrogen-bond acceptors (Lipinski definition) is 2. The van der Waals surface area contributed by atoms with Crippen molar-refractivity contribution >= 4 is 17.3 Å². The Morgan fingerprint density at radius 3 is 2.45 bits per heavy atom. The predicted molar refractivity (Wildman–Crippen MR) is 126 cm³/mol. The van der Waals surface area contributed by atoms with E-state index in [1.54, 1.807) is 0 Å². The van der Waals surface area contributed by atoms with Gasteiger partial charge in [-0.15, -0.1) is 0 Å². The maximum absolute atomic E-state index is 5.76. The highest BCUT2D eigenvalue weighted by Crippen LogP contribution is 2.30. The first kappa shape index (κ1) is 20.6. The van der Waals surface area contributed by atoms with Crippen LogP contribution in [-0.4, -0.2) is 47.1 Å². The summed E-state index contributed by atoms with van der Waals surface area (Å²) in [7, 11) is 0. The molecule has 0 aromatic heterocycles. The van der Waals surface area contributed by atoms with Gasteiger partial charge < -0.3 is 10.2 Å². The highest BCUT2D eigenvalue weighted by molar-refractivity contribution is 7.80. The van der Waals surface area contributed by atoms with Crippen LogP contribution in [0.25, 0.3) is 0 Å². The van der Waals surface area contributed by atoms with Gasteiger partial charge in [0.05, 0.1) is 0 Å². The second-order valence-electron chi connectivity index (χ2n) is 8.70. The molecule has 2 fully saturated rings. The van der Waals surface area contributed by atoms with Crippen LogP contribution >= 0.6 is 12.2 Å². The second kappa shape index (κ2) is 10.4. The van der Waals surface area contributed by atoms with Gasteiger partial charge in [-0.05, 0) is 49.9 Å². The molecular formula is C25H35N3S. The van der Waals surface area contributed by atoms with Crippen LogP contribution in [0.15, 0.2) is 54.1 Å². The average molecular weight is 410 g/mol. The molecule has 29 heavy (non-hydrogen) atoms. The van der Waals surface area contributed by atoms with Crippen molar-refractivity contribution in [1.82, 2.24) is 15.1 Å². The Kier molecular flexibility index (Phi) is 7.39. The number of rotatable bonds is 5. The monoisotopic (exact) mass is 409 g/mol. The lowest BCUT2D eigenvalue weighted by Gasteiger charge is -2.41. The molecule has 1 saturated carbocycles. The van der Waals surface area contributed by atoms with Crippen LogP contribution in [-0.2, 0) is 0 Å². The van der Waals surface area contributed by atoms with E-state index >= 15 is 0 Å². The smallest absolute Gasteiger partial charge is 0.169 e. The van der Waals surface area contributed by atoms with Gasteiger partial charge in [0.25, 0.3) is 0 Å². The van der Waals surface area contributed by atoms with E-state index in [0.717, 1.165) is 37.7 Å². The van der Waals surface area contributed by atoms with E-state index in [2.05, 4.69) is 63.7 Å². The summed E-state index contributed by atoms with van der Waals surface area (Å²) in [6.45, 7) is 4.19. The molecule has 1 aromatic carbocycles. The van der Waals surface area contributed by atoms with E-state index in [4.69, 9.17) is 12.2 Å². The Morgan fingerprint density at radius 2 is 1.76 bits per heavy atom. The van der Waals surface area contributed by atoms with Gasteiger partial charge >= 0.3 is 0 Å². The molecule has 1 N–H and O–H groups in total. The van der Waals surface area contributed by atoms with E-state index in [-0.39, 0.29) is 0 Å². The number of nitrogens with zero attached hydrogens (tertiary/aromatic N) is 2. The molecular weight excluding hydrogens is 374 g/mol. The minimum atomic E-state index is 0.451. The summed E-state index contributed by atoms with van der Waals surface area (Å²) < 4.78 is 0. The van der Waals surface area contributed by atoms with Gasteiger partial charge in [0.15, 0.2) is 5.11 Å². The number of allylic oxidation sites excluding steroid dienone is 3. The van der Waals surface area contributed by atoms with Crippen LogP contribution in [0.2, 0.25) is 0 Å². The fourth-order valence-electron chi connectivity index (χ4n) is 4.92. The normalized spacial score (nSPS) is 22.2. The molecule has 0 spiro atoms. The van der Waals surface area contributed by atoms with Crippen LogP contribution in [0.3, 0.4) is 0 Å². The van der Waals surface area contributed by atoms with Crippen molar-refractivity contribution in [2.24, 2.45) is 0 Å². The number of thiocarbonyl (C=S) groups is 1. The largest absolute Gasteiger partial charge is 0.360 e. The zero-order valence-corrected chi connectivity index (χ0v) is 18.4. The Bertz CT molecular complexity index is 713. The molecule has 1 aromatic rings. The molecule has 0 amide bonds. The van der Waals surface area contributed by atoms with Crippen molar-refractivity contribution in [3.8, 4) is 0 Å². The fourth-order valence-corrected chi connectivity index (χ4v) is 5.27. The molecule has 4 heteroatoms. The van der Waals surface area contributed by atoms with Crippen molar-refractivity contribution in [3.05, 3.63) is 59.7 Å². The van der Waals surface area contributed by atoms with Gasteiger partial charge in [0, 0.05) is 38.3 Å². The van der Waals surface area contributed by atoms with Crippen molar-refractivity contribution in [2.75, 3.05) is 26.2 Å². The summed E-state index contributed by atoms with van der Waals surface area (Å²) in [5.41, 5.74) is 2.92. The van der Waals surface area contributed by atoms with Gasteiger partial charge in [0.2, 0.25) is 0 Å². The molecule has 4 rings (SSSR count). The van der Waals surface area contributed by atoms with E-state index in [9.17, 15) is 0 Å². The number of piperazine rings is 1. The highest BCUT2D eigenvalue weighted by atomic mass is 32.1. The van der Waals surface area contributed by atoms with Crippen molar-refractivity contribution < 1.29 is 0 Å². The summed E-state index contributed by atoms with van der Waals surface area (Å²) in [5.74, 6) is 0. The van der Waals surface area contributed by atoms with E-state index in [1.807, 2.05) is 0 Å². The molecule has 0 radical (unpaired) electrons. The molecule has 1 atom stereocenters. The van der Waals surface area contributed by atoms with Crippen LogP contribution in [0.4, 0.5) is 0 Å². The first-order valence-electron chi connectivity index (χ1n) is 11.5. The second-order valence-corrected chi connectivity index (χ2v) is 9.08. The summed E-state index contributed by atoms with van der Waals surface area (Å²) >= 11 is 5.76. The number of hydrogen-bond donors (Lipinski definition) is 1. The van der Waals surface area contributed by atoms with E-state index in [0.29, 0.717) is 12.1 Å². The Morgan fingerprint density at radius 1 is 1.00 bits per heavy atom. The van der Waals surface area contributed by atoms with Crippen molar-refractivity contribution in [1.29, 1.82) is 0 Å². The third-order valence-electron chi connectivity index (χ3n) is 6.66. The summed E-state index contributed by atoms with van der Waals surface area (Å²) in [6.07, 6.45) is 17.2. The summed E-state index contributed by atoms with van der Waals surface area (Å²) in [6, 6.07) is 12.1. The van der Waals surface area contributed by atoms with Crippen LogP contribution in [0.5, 0.6) is 0 Å². The lowest BCUT2D eigenvalue weighted by Crippen LogP contribution is -2.54. The SMILES string of the molecule is S=C(NC1CCCCC1)N1CCN([C@@H](CC2=CCCC=C2)c2ccccc2)CC1. The maximum Gasteiger partial charge on any atom is 0.169 e. The zero-order chi connectivity index (χ0) is 19.9. The highest BCUT2D eigenvalue weighted by Gasteiger charge is 2.27. The molecule has 1 aliphatic heterocycles. The van der Waals surface area contributed by atoms with Crippen LogP contribution < -0.4 is 5.32 Å². The third-order valence-corrected chi connectivity index (χ3v) is 7.04. The standard InChI is InChI=1S/C25H35N3S/c29-25(26-23-14-8-3-9-15-23)28-18-16-27(17-19-28)24(22-12-6-2-7-13-22)20-21-10-4-1-5-11-21/h2,4,6-7,10-13,23-24H,1,3,5,8-9,14-20H2,(H,26,29)/t24-/m0/s1. The quantitative estimate of drug-likeness (QED) is 0.672. The van der Waals surface area contributed by atoms with Gasteiger partial charge in [-0.25, -0.2) is 0 Å². The third kappa shape index (κ3) is 5.70. The topological polar surface area (TPSA) is 18.5 Å². The van der Waals surface area contributed by atoms with Crippen LogP contribution in [0, 0.1) is 0 Å². The number of nitrogens with one attached hydrogen (secondary N) is 1. The lowest BCUT2D eigenvalue weighted by atomic mass is 9.94. The zero-order valence-electron chi connectivity index (χ0n) is 17.6. The minimum absolute atomic E-state index is 0.451. The Balaban J connectivity index is 1.36. The molecule has 1 heterocycles. The van der Waals surface area contributed by atoms with E-state index in [1.165, 1.54) is 56.1 Å². The van der Waals surface area contributed by atoms with Gasteiger partial charge in [-0.1, -0.05) is 73.4 Å². The average Bonchev–Trinajstić information content (AvgIpc) is 2.79. The van der Waals surface area contributed by atoms with Gasteiger partial charge in [0.1, 0.15) is 0 Å². The van der Waals surface area contributed by atoms with Gasteiger partial charge in [-0.2, -0.15) is 0 Å². The minimum Gasteiger partial charge on any atom is -0.360 e. The first-order chi connectivity index (χ1) is 14.3. The molecule has 2 aliphatic carbocycles. The molecule has 0 bridgehead atoms. The number of benzene rings is 1. The van der Waals surface area contributed by atoms with Crippen molar-refractivity contribution in [3.63, 3.8) is 0 Å². The summed E-state index contributed by atoms with van der Waals surface area (Å²) in [4.78, 5) is 5.06. The van der Waals surface area contributed by atoms with Crippen molar-refractivity contribution in [2.45, 2.75) is 63.5 Å². The lowest BCUT2D eigenvalue weighted by molar-refractivity contribution is 0.130. The predicted octanol–water partition coefficient (Wildman–Crippen LogP) is 5.22. The first-order valence-corrected chi connectivity index (χ1v) is 11.9. The summed E-state index contributed by atoms with van der Waals surface area (Å²) in [5, 5.41) is 4.63. The molecule has 156 valence electrons. The fraction of sp³-hybridized carbons (Fsp3) is 0.560. The molecule has 3 nitrogen and oxygen atoms in total. The maximum atomic E-state index is 5.76. The molecule has 3 aliphatic rings. The Labute approximate surface area is 181 Å². The Hall–Kier alpha value is -1.65. The van der Waals surface area contributed by atoms with Gasteiger partial charge in [-0.3, -0.25) is 4.90 Å². The molecule has 1 saturated heterocycles. The van der Waals surface area contributed by atoms with Crippen LogP contribution in [0.1, 0.15) is 63.0 Å². The van der Waals surface area contributed by atoms with E-state index < -0.39 is 0 Å². The molecule has 0 unspecified atom stereocenters.